The molecule has 2 aliphatic rings. The predicted octanol–water partition coefficient (Wildman–Crippen LogP) is 3.42. The first-order valence-electron chi connectivity index (χ1n) is 9.56. The molecule has 2 heterocycles. The van der Waals surface area contributed by atoms with E-state index in [0.717, 1.165) is 35.4 Å². The zero-order valence-corrected chi connectivity index (χ0v) is 18.2. The van der Waals surface area contributed by atoms with Crippen molar-refractivity contribution in [3.8, 4) is 5.75 Å². The van der Waals surface area contributed by atoms with Gasteiger partial charge in [0, 0.05) is 43.0 Å². The summed E-state index contributed by atoms with van der Waals surface area (Å²) in [5.41, 5.74) is 2.00. The summed E-state index contributed by atoms with van der Waals surface area (Å²) < 4.78 is 0. The fraction of sp³-hybridized carbons (Fsp3) is 0.238. The molecular formula is C21H18ClN4O4S-. The Kier molecular flexibility index (Phi) is 5.88. The number of rotatable bonds is 3. The SMILES string of the molecule is Cc1ccc(N2CCN(C3=NC(=O)/C(=C/c4ccc([O-])c([N+](=O)[O-])c4)S3)CC2)cc1Cl. The Balaban J connectivity index is 1.42. The Labute approximate surface area is 188 Å². The molecular weight excluding hydrogens is 440 g/mol. The van der Waals surface area contributed by atoms with Crippen LogP contribution in [0.2, 0.25) is 5.02 Å². The van der Waals surface area contributed by atoms with Crippen LogP contribution in [-0.4, -0.2) is 47.1 Å². The lowest BCUT2D eigenvalue weighted by atomic mass is 10.1. The van der Waals surface area contributed by atoms with Gasteiger partial charge >= 0.3 is 0 Å². The fourth-order valence-electron chi connectivity index (χ4n) is 3.39. The standard InChI is InChI=1S/C21H19ClN4O4S/c1-13-2-4-15(12-16(13)22)24-6-8-25(9-7-24)21-23-20(28)19(31-21)11-14-3-5-18(27)17(10-14)26(29)30/h2-5,10-12,27H,6-9H2,1H3/p-1/b19-11-. The first-order valence-corrected chi connectivity index (χ1v) is 10.8. The predicted molar refractivity (Wildman–Crippen MR) is 121 cm³/mol. The maximum atomic E-state index is 12.3. The van der Waals surface area contributed by atoms with Crippen molar-refractivity contribution in [3.63, 3.8) is 0 Å². The summed E-state index contributed by atoms with van der Waals surface area (Å²) in [4.78, 5) is 31.4. The Morgan fingerprint density at radius 3 is 2.52 bits per heavy atom. The molecule has 160 valence electrons. The molecule has 0 unspecified atom stereocenters. The zero-order valence-electron chi connectivity index (χ0n) is 16.6. The van der Waals surface area contributed by atoms with Gasteiger partial charge in [-0.15, -0.1) is 0 Å². The smallest absolute Gasteiger partial charge is 0.286 e. The van der Waals surface area contributed by atoms with Crippen molar-refractivity contribution < 1.29 is 14.8 Å². The van der Waals surface area contributed by atoms with E-state index in [4.69, 9.17) is 11.6 Å². The number of aryl methyl sites for hydroxylation is 1. The van der Waals surface area contributed by atoms with Crippen LogP contribution in [0.25, 0.3) is 6.08 Å². The molecule has 0 spiro atoms. The average molecular weight is 458 g/mol. The normalized spacial score (nSPS) is 17.9. The molecule has 2 aromatic carbocycles. The third kappa shape index (κ3) is 4.52. The quantitative estimate of drug-likeness (QED) is 0.395. The van der Waals surface area contributed by atoms with Crippen LogP contribution in [-0.2, 0) is 4.79 Å². The van der Waals surface area contributed by atoms with E-state index in [0.29, 0.717) is 28.7 Å². The van der Waals surface area contributed by atoms with Crippen LogP contribution in [0, 0.1) is 17.0 Å². The number of halogens is 1. The van der Waals surface area contributed by atoms with Crippen LogP contribution in [0.5, 0.6) is 5.75 Å². The van der Waals surface area contributed by atoms with Crippen LogP contribution < -0.4 is 10.0 Å². The van der Waals surface area contributed by atoms with Gasteiger partial charge in [0.15, 0.2) is 5.17 Å². The second-order valence-corrected chi connectivity index (χ2v) is 8.62. The largest absolute Gasteiger partial charge is 0.868 e. The minimum Gasteiger partial charge on any atom is -0.868 e. The van der Waals surface area contributed by atoms with E-state index in [9.17, 15) is 20.0 Å². The van der Waals surface area contributed by atoms with E-state index in [1.807, 2.05) is 19.1 Å². The van der Waals surface area contributed by atoms with Crippen LogP contribution in [0.15, 0.2) is 46.3 Å². The van der Waals surface area contributed by atoms with Crippen molar-refractivity contribution in [2.75, 3.05) is 31.1 Å². The van der Waals surface area contributed by atoms with Gasteiger partial charge in [-0.05, 0) is 53.8 Å². The summed E-state index contributed by atoms with van der Waals surface area (Å²) >= 11 is 7.48. The summed E-state index contributed by atoms with van der Waals surface area (Å²) in [6.07, 6.45) is 1.53. The van der Waals surface area contributed by atoms with Gasteiger partial charge in [0.25, 0.3) is 11.6 Å². The molecule has 8 nitrogen and oxygen atoms in total. The van der Waals surface area contributed by atoms with Gasteiger partial charge in [0.2, 0.25) is 0 Å². The van der Waals surface area contributed by atoms with Crippen LogP contribution in [0.3, 0.4) is 0 Å². The maximum absolute atomic E-state index is 12.3. The van der Waals surface area contributed by atoms with Crippen molar-refractivity contribution in [2.24, 2.45) is 4.99 Å². The number of carbonyl (C=O) groups is 1. The van der Waals surface area contributed by atoms with E-state index in [1.54, 1.807) is 0 Å². The number of hydrogen-bond donors (Lipinski definition) is 0. The van der Waals surface area contributed by atoms with Gasteiger partial charge < -0.3 is 14.9 Å². The van der Waals surface area contributed by atoms with Crippen molar-refractivity contribution in [2.45, 2.75) is 6.92 Å². The molecule has 0 atom stereocenters. The lowest BCUT2D eigenvalue weighted by molar-refractivity contribution is -0.398. The Hall–Kier alpha value is -3.04. The molecule has 0 radical (unpaired) electrons. The highest BCUT2D eigenvalue weighted by Gasteiger charge is 2.28. The summed E-state index contributed by atoms with van der Waals surface area (Å²) in [7, 11) is 0. The van der Waals surface area contributed by atoms with Crippen LogP contribution in [0.1, 0.15) is 11.1 Å². The second-order valence-electron chi connectivity index (χ2n) is 7.20. The lowest BCUT2D eigenvalue weighted by Gasteiger charge is -2.36. The van der Waals surface area contributed by atoms with Gasteiger partial charge in [-0.1, -0.05) is 29.8 Å². The van der Waals surface area contributed by atoms with E-state index in [1.165, 1.54) is 30.0 Å². The first kappa shape index (κ1) is 21.2. The van der Waals surface area contributed by atoms with Crippen molar-refractivity contribution in [1.29, 1.82) is 0 Å². The molecule has 1 fully saturated rings. The van der Waals surface area contributed by atoms with Gasteiger partial charge in [-0.3, -0.25) is 14.9 Å². The third-order valence-electron chi connectivity index (χ3n) is 5.16. The molecule has 4 rings (SSSR count). The van der Waals surface area contributed by atoms with Crippen molar-refractivity contribution in [3.05, 3.63) is 67.6 Å². The Bertz CT molecular complexity index is 1130. The molecule has 1 saturated heterocycles. The number of piperazine rings is 1. The molecule has 0 N–H and O–H groups in total. The topological polar surface area (TPSA) is 102 Å². The average Bonchev–Trinajstić information content (AvgIpc) is 3.11. The van der Waals surface area contributed by atoms with Gasteiger partial charge in [0.05, 0.1) is 9.83 Å². The Morgan fingerprint density at radius 2 is 1.84 bits per heavy atom. The monoisotopic (exact) mass is 457 g/mol. The summed E-state index contributed by atoms with van der Waals surface area (Å²) in [6, 6.07) is 9.78. The number of nitro benzene ring substituents is 1. The zero-order chi connectivity index (χ0) is 22.1. The number of nitrogens with zero attached hydrogens (tertiary/aromatic N) is 4. The number of carbonyl (C=O) groups excluding carboxylic acids is 1. The third-order valence-corrected chi connectivity index (χ3v) is 6.61. The van der Waals surface area contributed by atoms with Crippen molar-refractivity contribution >= 4 is 51.9 Å². The lowest BCUT2D eigenvalue weighted by Crippen LogP contribution is -2.47. The number of amidine groups is 1. The minimum absolute atomic E-state index is 0.371. The number of benzene rings is 2. The highest BCUT2D eigenvalue weighted by Crippen LogP contribution is 2.33. The number of aliphatic imine (C=N–C) groups is 1. The van der Waals surface area contributed by atoms with Crippen molar-refractivity contribution in [1.82, 2.24) is 4.90 Å². The van der Waals surface area contributed by atoms with Gasteiger partial charge in [-0.25, -0.2) is 0 Å². The summed E-state index contributed by atoms with van der Waals surface area (Å²) in [5.74, 6) is -1.05. The van der Waals surface area contributed by atoms with E-state index >= 15 is 0 Å². The van der Waals surface area contributed by atoms with E-state index in [-0.39, 0.29) is 5.91 Å². The molecule has 31 heavy (non-hydrogen) atoms. The molecule has 0 aliphatic carbocycles. The molecule has 0 bridgehead atoms. The molecule has 1 amide bonds. The first-order chi connectivity index (χ1) is 14.8. The molecule has 2 aliphatic heterocycles. The maximum Gasteiger partial charge on any atom is 0.286 e. The van der Waals surface area contributed by atoms with Gasteiger partial charge in [0.1, 0.15) is 0 Å². The highest BCUT2D eigenvalue weighted by molar-refractivity contribution is 8.18. The van der Waals surface area contributed by atoms with E-state index in [2.05, 4.69) is 20.9 Å². The summed E-state index contributed by atoms with van der Waals surface area (Å²) in [6.45, 7) is 4.91. The highest BCUT2D eigenvalue weighted by atomic mass is 35.5. The van der Waals surface area contributed by atoms with Crippen LogP contribution in [0.4, 0.5) is 11.4 Å². The molecule has 0 aromatic heterocycles. The fourth-order valence-corrected chi connectivity index (χ4v) is 4.53. The van der Waals surface area contributed by atoms with Crippen LogP contribution >= 0.6 is 23.4 Å². The Morgan fingerprint density at radius 1 is 1.13 bits per heavy atom. The molecule has 2 aromatic rings. The number of thioether (sulfide) groups is 1. The molecule has 0 saturated carbocycles. The molecule has 10 heteroatoms. The number of nitro groups is 1. The second kappa shape index (κ2) is 8.60. The van der Waals surface area contributed by atoms with E-state index < -0.39 is 16.4 Å². The summed E-state index contributed by atoms with van der Waals surface area (Å²) in [5, 5.41) is 23.9. The minimum atomic E-state index is -0.726. The number of anilines is 1. The number of amides is 1. The number of hydrogen-bond acceptors (Lipinski definition) is 7. The van der Waals surface area contributed by atoms with Gasteiger partial charge in [-0.2, -0.15) is 4.99 Å².